The molecule has 1 heterocycles. The number of fused-ring (bicyclic) bond motifs is 1. The summed E-state index contributed by atoms with van der Waals surface area (Å²) in [7, 11) is 0. The van der Waals surface area contributed by atoms with E-state index in [1.807, 2.05) is 56.3 Å². The summed E-state index contributed by atoms with van der Waals surface area (Å²) in [6, 6.07) is 18.1. The van der Waals surface area contributed by atoms with Crippen molar-refractivity contribution in [3.05, 3.63) is 77.0 Å². The number of carbonyl (C=O) groups is 1. The Kier molecular flexibility index (Phi) is 4.38. The van der Waals surface area contributed by atoms with Gasteiger partial charge in [-0.25, -0.2) is 4.79 Å². The second kappa shape index (κ2) is 6.61. The zero-order valence-electron chi connectivity index (χ0n) is 13.4. The van der Waals surface area contributed by atoms with Crippen LogP contribution in [0.3, 0.4) is 0 Å². The Labute approximate surface area is 135 Å². The van der Waals surface area contributed by atoms with E-state index in [-0.39, 0.29) is 5.97 Å². The van der Waals surface area contributed by atoms with E-state index in [0.717, 1.165) is 22.0 Å². The van der Waals surface area contributed by atoms with Crippen molar-refractivity contribution in [2.45, 2.75) is 20.3 Å². The summed E-state index contributed by atoms with van der Waals surface area (Å²) in [5.74, 6) is -0.297. The highest BCUT2D eigenvalue weighted by Gasteiger charge is 2.20. The average molecular weight is 305 g/mol. The summed E-state index contributed by atoms with van der Waals surface area (Å²) in [6.45, 7) is 4.04. The lowest BCUT2D eigenvalue weighted by molar-refractivity contribution is 0.0524. The first-order valence-electron chi connectivity index (χ1n) is 7.80. The third-order valence-electron chi connectivity index (χ3n) is 3.88. The van der Waals surface area contributed by atoms with Gasteiger partial charge in [-0.15, -0.1) is 0 Å². The Hall–Kier alpha value is -2.68. The van der Waals surface area contributed by atoms with Crippen LogP contribution in [0.5, 0.6) is 0 Å². The average Bonchev–Trinajstić information content (AvgIpc) is 2.56. The molecule has 0 spiro atoms. The first-order chi connectivity index (χ1) is 11.2. The van der Waals surface area contributed by atoms with Gasteiger partial charge in [-0.2, -0.15) is 0 Å². The number of aromatic nitrogens is 1. The smallest absolute Gasteiger partial charge is 0.340 e. The zero-order chi connectivity index (χ0) is 16.2. The molecule has 1 aromatic heterocycles. The van der Waals surface area contributed by atoms with Gasteiger partial charge in [0.25, 0.3) is 0 Å². The lowest BCUT2D eigenvalue weighted by Gasteiger charge is -2.14. The molecular formula is C20H19NO2. The number of para-hydroxylation sites is 1. The molecule has 23 heavy (non-hydrogen) atoms. The standard InChI is InChI=1S/C20H19NO2/c1-3-23-20(22)19-14(2)21-18-12-8-7-11-16(18)17(19)13-15-9-5-4-6-10-15/h4-12H,3,13H2,1-2H3. The number of hydrogen-bond donors (Lipinski definition) is 0. The van der Waals surface area contributed by atoms with Gasteiger partial charge in [-0.05, 0) is 37.5 Å². The summed E-state index contributed by atoms with van der Waals surface area (Å²) in [5, 5.41) is 1.00. The van der Waals surface area contributed by atoms with E-state index in [0.29, 0.717) is 24.3 Å². The molecule has 0 atom stereocenters. The number of aryl methyl sites for hydroxylation is 1. The summed E-state index contributed by atoms with van der Waals surface area (Å²) < 4.78 is 5.26. The van der Waals surface area contributed by atoms with Crippen LogP contribution < -0.4 is 0 Å². The maximum absolute atomic E-state index is 12.5. The molecule has 2 aromatic carbocycles. The van der Waals surface area contributed by atoms with E-state index >= 15 is 0 Å². The topological polar surface area (TPSA) is 39.2 Å². The zero-order valence-corrected chi connectivity index (χ0v) is 13.4. The minimum Gasteiger partial charge on any atom is -0.462 e. The largest absolute Gasteiger partial charge is 0.462 e. The number of nitrogens with zero attached hydrogens (tertiary/aromatic N) is 1. The Morgan fingerprint density at radius 3 is 2.48 bits per heavy atom. The first-order valence-corrected chi connectivity index (χ1v) is 7.80. The molecule has 0 saturated carbocycles. The number of pyridine rings is 1. The second-order valence-electron chi connectivity index (χ2n) is 5.45. The minimum absolute atomic E-state index is 0.297. The van der Waals surface area contributed by atoms with E-state index in [1.165, 1.54) is 0 Å². The van der Waals surface area contributed by atoms with Crippen molar-refractivity contribution in [3.63, 3.8) is 0 Å². The van der Waals surface area contributed by atoms with Crippen molar-refractivity contribution in [1.29, 1.82) is 0 Å². The SMILES string of the molecule is CCOC(=O)c1c(C)nc2ccccc2c1Cc1ccccc1. The van der Waals surface area contributed by atoms with Crippen LogP contribution in [-0.2, 0) is 11.2 Å². The Balaban J connectivity index is 2.21. The lowest BCUT2D eigenvalue weighted by atomic mass is 9.95. The summed E-state index contributed by atoms with van der Waals surface area (Å²) >= 11 is 0. The van der Waals surface area contributed by atoms with Crippen molar-refractivity contribution in [3.8, 4) is 0 Å². The Bertz CT molecular complexity index is 841. The summed E-state index contributed by atoms with van der Waals surface area (Å²) in [6.07, 6.45) is 0.679. The molecule has 116 valence electrons. The van der Waals surface area contributed by atoms with E-state index in [2.05, 4.69) is 17.1 Å². The summed E-state index contributed by atoms with van der Waals surface area (Å²) in [4.78, 5) is 17.0. The van der Waals surface area contributed by atoms with Gasteiger partial charge in [-0.1, -0.05) is 48.5 Å². The third-order valence-corrected chi connectivity index (χ3v) is 3.88. The van der Waals surface area contributed by atoms with Gasteiger partial charge < -0.3 is 4.74 Å². The number of ether oxygens (including phenoxy) is 1. The molecule has 0 aliphatic carbocycles. The predicted octanol–water partition coefficient (Wildman–Crippen LogP) is 4.31. The molecule has 0 aliphatic rings. The maximum Gasteiger partial charge on any atom is 0.340 e. The van der Waals surface area contributed by atoms with Gasteiger partial charge in [0.05, 0.1) is 23.4 Å². The van der Waals surface area contributed by atoms with Crippen LogP contribution in [0.2, 0.25) is 0 Å². The third kappa shape index (κ3) is 3.09. The number of carbonyl (C=O) groups excluding carboxylic acids is 1. The van der Waals surface area contributed by atoms with Crippen LogP contribution in [0.15, 0.2) is 54.6 Å². The molecule has 0 unspecified atom stereocenters. The molecule has 0 aliphatic heterocycles. The van der Waals surface area contributed by atoms with Gasteiger partial charge in [0.2, 0.25) is 0 Å². The first kappa shape index (κ1) is 15.2. The predicted molar refractivity (Wildman–Crippen MR) is 91.7 cm³/mol. The van der Waals surface area contributed by atoms with E-state index in [1.54, 1.807) is 0 Å². The highest BCUT2D eigenvalue weighted by Crippen LogP contribution is 2.26. The van der Waals surface area contributed by atoms with Gasteiger partial charge in [0.15, 0.2) is 0 Å². The van der Waals surface area contributed by atoms with Crippen molar-refractivity contribution in [1.82, 2.24) is 4.98 Å². The Morgan fingerprint density at radius 2 is 1.74 bits per heavy atom. The molecule has 0 saturated heterocycles. The van der Waals surface area contributed by atoms with Gasteiger partial charge >= 0.3 is 5.97 Å². The molecule has 0 fully saturated rings. The molecule has 0 bridgehead atoms. The molecule has 3 aromatic rings. The summed E-state index contributed by atoms with van der Waals surface area (Å²) in [5.41, 5.74) is 4.36. The number of esters is 1. The monoisotopic (exact) mass is 305 g/mol. The van der Waals surface area contributed by atoms with Crippen molar-refractivity contribution >= 4 is 16.9 Å². The van der Waals surface area contributed by atoms with Gasteiger partial charge in [0.1, 0.15) is 0 Å². The minimum atomic E-state index is -0.297. The fourth-order valence-corrected chi connectivity index (χ4v) is 2.87. The van der Waals surface area contributed by atoms with Crippen molar-refractivity contribution < 1.29 is 9.53 Å². The van der Waals surface area contributed by atoms with Crippen LogP contribution in [0.25, 0.3) is 10.9 Å². The highest BCUT2D eigenvalue weighted by molar-refractivity contribution is 5.98. The molecule has 0 N–H and O–H groups in total. The van der Waals surface area contributed by atoms with E-state index < -0.39 is 0 Å². The van der Waals surface area contributed by atoms with Crippen LogP contribution in [-0.4, -0.2) is 17.6 Å². The number of hydrogen-bond acceptors (Lipinski definition) is 3. The second-order valence-corrected chi connectivity index (χ2v) is 5.45. The highest BCUT2D eigenvalue weighted by atomic mass is 16.5. The fraction of sp³-hybridized carbons (Fsp3) is 0.200. The van der Waals surface area contributed by atoms with Crippen LogP contribution in [0, 0.1) is 6.92 Å². The van der Waals surface area contributed by atoms with Crippen molar-refractivity contribution in [2.24, 2.45) is 0 Å². The van der Waals surface area contributed by atoms with E-state index in [4.69, 9.17) is 4.74 Å². The molecule has 0 amide bonds. The fourth-order valence-electron chi connectivity index (χ4n) is 2.87. The van der Waals surface area contributed by atoms with Crippen LogP contribution >= 0.6 is 0 Å². The molecule has 3 nitrogen and oxygen atoms in total. The normalized spacial score (nSPS) is 10.7. The van der Waals surface area contributed by atoms with Crippen LogP contribution in [0.1, 0.15) is 34.1 Å². The Morgan fingerprint density at radius 1 is 1.04 bits per heavy atom. The number of rotatable bonds is 4. The van der Waals surface area contributed by atoms with Gasteiger partial charge in [0, 0.05) is 5.39 Å². The molecule has 0 radical (unpaired) electrons. The van der Waals surface area contributed by atoms with Crippen LogP contribution in [0.4, 0.5) is 0 Å². The quantitative estimate of drug-likeness (QED) is 0.674. The number of benzene rings is 2. The lowest BCUT2D eigenvalue weighted by Crippen LogP contribution is -2.12. The van der Waals surface area contributed by atoms with E-state index in [9.17, 15) is 4.79 Å². The van der Waals surface area contributed by atoms with Gasteiger partial charge in [-0.3, -0.25) is 4.98 Å². The van der Waals surface area contributed by atoms with Crippen molar-refractivity contribution in [2.75, 3.05) is 6.61 Å². The molecule has 3 rings (SSSR count). The molecule has 3 heteroatoms. The molecular weight excluding hydrogens is 286 g/mol. The maximum atomic E-state index is 12.5.